The highest BCUT2D eigenvalue weighted by atomic mass is 16.6. The van der Waals surface area contributed by atoms with Gasteiger partial charge in [-0.05, 0) is 25.5 Å². The van der Waals surface area contributed by atoms with E-state index in [-0.39, 0.29) is 4.92 Å². The Bertz CT molecular complexity index is 278. The molecule has 12 heavy (non-hydrogen) atoms. The smallest absolute Gasteiger partial charge is 0.241 e. The van der Waals surface area contributed by atoms with Crippen molar-refractivity contribution in [1.29, 1.82) is 0 Å². The highest BCUT2D eigenvalue weighted by molar-refractivity contribution is 5.30. The van der Waals surface area contributed by atoms with Crippen molar-refractivity contribution >= 4 is 0 Å². The summed E-state index contributed by atoms with van der Waals surface area (Å²) in [6.07, 6.45) is 4.24. The van der Waals surface area contributed by atoms with Gasteiger partial charge in [-0.3, -0.25) is 10.1 Å². The second kappa shape index (κ2) is 2.73. The van der Waals surface area contributed by atoms with Gasteiger partial charge in [-0.25, -0.2) is 0 Å². The Morgan fingerprint density at radius 2 is 2.17 bits per heavy atom. The molecule has 1 unspecified atom stereocenters. The minimum atomic E-state index is -0.886. The third-order valence-electron chi connectivity index (χ3n) is 2.07. The summed E-state index contributed by atoms with van der Waals surface area (Å²) < 4.78 is 0. The first kappa shape index (κ1) is 8.97. The fourth-order valence-corrected chi connectivity index (χ4v) is 1.70. The molecule has 66 valence electrons. The van der Waals surface area contributed by atoms with Gasteiger partial charge in [-0.1, -0.05) is 11.6 Å². The van der Waals surface area contributed by atoms with E-state index < -0.39 is 5.54 Å². The van der Waals surface area contributed by atoms with E-state index in [1.54, 1.807) is 13.0 Å². The molecule has 0 aliphatic heterocycles. The van der Waals surface area contributed by atoms with E-state index in [0.717, 1.165) is 11.1 Å². The van der Waals surface area contributed by atoms with Gasteiger partial charge < -0.3 is 0 Å². The molecule has 0 N–H and O–H groups in total. The molecule has 0 aromatic carbocycles. The molecule has 0 amide bonds. The summed E-state index contributed by atoms with van der Waals surface area (Å²) in [6.45, 7) is 5.48. The molecule has 0 saturated carbocycles. The van der Waals surface area contributed by atoms with Crippen LogP contribution in [0.25, 0.3) is 0 Å². The van der Waals surface area contributed by atoms with Crippen LogP contribution < -0.4 is 0 Å². The first-order chi connectivity index (χ1) is 5.44. The molecule has 1 aliphatic rings. The lowest BCUT2D eigenvalue weighted by atomic mass is 9.87. The molecular formula is C9H13NO2. The molecular weight excluding hydrogens is 154 g/mol. The van der Waals surface area contributed by atoms with Crippen molar-refractivity contribution in [2.45, 2.75) is 32.7 Å². The summed E-state index contributed by atoms with van der Waals surface area (Å²) >= 11 is 0. The van der Waals surface area contributed by atoms with Gasteiger partial charge in [0.15, 0.2) is 0 Å². The molecule has 0 radical (unpaired) electrons. The van der Waals surface area contributed by atoms with Crippen LogP contribution in [0.2, 0.25) is 0 Å². The number of hydrogen-bond acceptors (Lipinski definition) is 2. The Morgan fingerprint density at radius 1 is 1.58 bits per heavy atom. The van der Waals surface area contributed by atoms with Crippen molar-refractivity contribution in [2.24, 2.45) is 0 Å². The number of rotatable bonds is 1. The SMILES string of the molecule is CC1=CC(C)([N+](=O)[O-])CC(C)=C1. The molecule has 1 aliphatic carbocycles. The molecule has 1 rings (SSSR count). The second-order valence-corrected chi connectivity index (χ2v) is 3.67. The highest BCUT2D eigenvalue weighted by Crippen LogP contribution is 2.28. The highest BCUT2D eigenvalue weighted by Gasteiger charge is 2.36. The minimum absolute atomic E-state index is 0.215. The van der Waals surface area contributed by atoms with Crippen LogP contribution in [0.3, 0.4) is 0 Å². The zero-order valence-electron chi connectivity index (χ0n) is 7.63. The van der Waals surface area contributed by atoms with Gasteiger partial charge in [0, 0.05) is 18.3 Å². The van der Waals surface area contributed by atoms with Crippen LogP contribution in [0.5, 0.6) is 0 Å². The quantitative estimate of drug-likeness (QED) is 0.444. The van der Waals surface area contributed by atoms with E-state index in [0.29, 0.717) is 6.42 Å². The van der Waals surface area contributed by atoms with Crippen molar-refractivity contribution in [3.05, 3.63) is 33.4 Å². The third-order valence-corrected chi connectivity index (χ3v) is 2.07. The zero-order valence-corrected chi connectivity index (χ0v) is 7.63. The van der Waals surface area contributed by atoms with Crippen molar-refractivity contribution in [2.75, 3.05) is 0 Å². The summed E-state index contributed by atoms with van der Waals surface area (Å²) in [4.78, 5) is 10.5. The number of nitro groups is 1. The average Bonchev–Trinajstić information content (AvgIpc) is 1.82. The largest absolute Gasteiger partial charge is 0.264 e. The Balaban J connectivity index is 3.00. The molecule has 1 atom stereocenters. The monoisotopic (exact) mass is 167 g/mol. The van der Waals surface area contributed by atoms with Crippen LogP contribution in [0, 0.1) is 10.1 Å². The third kappa shape index (κ3) is 1.55. The lowest BCUT2D eigenvalue weighted by Crippen LogP contribution is -2.34. The van der Waals surface area contributed by atoms with Gasteiger partial charge in [-0.15, -0.1) is 0 Å². The average molecular weight is 167 g/mol. The standard InChI is InChI=1S/C9H13NO2/c1-7-4-8(2)6-9(3,5-7)10(11)12/h4-5H,6H2,1-3H3. The maximum absolute atomic E-state index is 10.7. The van der Waals surface area contributed by atoms with E-state index >= 15 is 0 Å². The first-order valence-corrected chi connectivity index (χ1v) is 3.95. The van der Waals surface area contributed by atoms with Gasteiger partial charge >= 0.3 is 0 Å². The molecule has 0 saturated heterocycles. The molecule has 0 aromatic heterocycles. The van der Waals surface area contributed by atoms with Crippen LogP contribution in [0.15, 0.2) is 23.3 Å². The zero-order chi connectivity index (χ0) is 9.35. The van der Waals surface area contributed by atoms with Crippen molar-refractivity contribution < 1.29 is 4.92 Å². The van der Waals surface area contributed by atoms with E-state index in [4.69, 9.17) is 0 Å². The van der Waals surface area contributed by atoms with E-state index in [2.05, 4.69) is 0 Å². The molecule has 0 spiro atoms. The van der Waals surface area contributed by atoms with E-state index in [1.165, 1.54) is 0 Å². The van der Waals surface area contributed by atoms with Crippen LogP contribution >= 0.6 is 0 Å². The Labute approximate surface area is 71.9 Å². The van der Waals surface area contributed by atoms with Gasteiger partial charge in [0.25, 0.3) is 0 Å². The summed E-state index contributed by atoms with van der Waals surface area (Å²) in [5, 5.41) is 10.7. The number of hydrogen-bond donors (Lipinski definition) is 0. The summed E-state index contributed by atoms with van der Waals surface area (Å²) in [7, 11) is 0. The molecule has 0 fully saturated rings. The predicted octanol–water partition coefficient (Wildman–Crippen LogP) is 2.32. The van der Waals surface area contributed by atoms with Gasteiger partial charge in [0.1, 0.15) is 0 Å². The number of allylic oxidation sites excluding steroid dienone is 2. The predicted molar refractivity (Wildman–Crippen MR) is 47.5 cm³/mol. The maximum atomic E-state index is 10.7. The molecule has 0 heterocycles. The molecule has 3 nitrogen and oxygen atoms in total. The van der Waals surface area contributed by atoms with Gasteiger partial charge in [0.05, 0.1) is 0 Å². The summed E-state index contributed by atoms with van der Waals surface area (Å²) in [5.74, 6) is 0. The lowest BCUT2D eigenvalue weighted by molar-refractivity contribution is -0.550. The Kier molecular flexibility index (Phi) is 2.04. The fraction of sp³-hybridized carbons (Fsp3) is 0.556. The maximum Gasteiger partial charge on any atom is 0.241 e. The first-order valence-electron chi connectivity index (χ1n) is 3.95. The van der Waals surface area contributed by atoms with Crippen molar-refractivity contribution in [1.82, 2.24) is 0 Å². The van der Waals surface area contributed by atoms with Crippen LogP contribution in [0.1, 0.15) is 27.2 Å². The normalized spacial score (nSPS) is 29.2. The molecule has 0 bridgehead atoms. The fourth-order valence-electron chi connectivity index (χ4n) is 1.70. The molecule has 0 aromatic rings. The van der Waals surface area contributed by atoms with Crippen molar-refractivity contribution in [3.8, 4) is 0 Å². The summed E-state index contributed by atoms with van der Waals surface area (Å²) in [6, 6.07) is 0. The summed E-state index contributed by atoms with van der Waals surface area (Å²) in [5.41, 5.74) is 1.18. The topological polar surface area (TPSA) is 43.1 Å². The number of nitrogens with zero attached hydrogens (tertiary/aromatic N) is 1. The van der Waals surface area contributed by atoms with E-state index in [1.807, 2.05) is 19.9 Å². The van der Waals surface area contributed by atoms with Gasteiger partial charge in [-0.2, -0.15) is 0 Å². The van der Waals surface area contributed by atoms with Crippen LogP contribution in [-0.2, 0) is 0 Å². The van der Waals surface area contributed by atoms with E-state index in [9.17, 15) is 10.1 Å². The van der Waals surface area contributed by atoms with Crippen LogP contribution in [0.4, 0.5) is 0 Å². The minimum Gasteiger partial charge on any atom is -0.264 e. The van der Waals surface area contributed by atoms with Gasteiger partial charge in [0.2, 0.25) is 5.54 Å². The Morgan fingerprint density at radius 3 is 2.58 bits per heavy atom. The van der Waals surface area contributed by atoms with Crippen molar-refractivity contribution in [3.63, 3.8) is 0 Å². The Hall–Kier alpha value is -1.12. The lowest BCUT2D eigenvalue weighted by Gasteiger charge is -2.21. The molecule has 3 heteroatoms. The second-order valence-electron chi connectivity index (χ2n) is 3.67. The van der Waals surface area contributed by atoms with Crippen LogP contribution in [-0.4, -0.2) is 10.5 Å².